The number of halogens is 1. The Morgan fingerprint density at radius 1 is 1.09 bits per heavy atom. The van der Waals surface area contributed by atoms with Crippen molar-refractivity contribution in [1.82, 2.24) is 9.46 Å². The maximum absolute atomic E-state index is 13.5. The number of amides is 1. The van der Waals surface area contributed by atoms with E-state index in [0.29, 0.717) is 29.2 Å². The molecule has 0 atom stereocenters. The Bertz CT molecular complexity index is 1360. The Balaban J connectivity index is 1.44. The number of nitrogens with zero attached hydrogens (tertiary/aromatic N) is 2. The first-order chi connectivity index (χ1) is 16.6. The molecule has 4 rings (SSSR count). The molecule has 1 aliphatic rings. The summed E-state index contributed by atoms with van der Waals surface area (Å²) < 4.78 is 33.7. The smallest absolute Gasteiger partial charge is 0.248 e. The van der Waals surface area contributed by atoms with Crippen molar-refractivity contribution in [3.05, 3.63) is 75.6 Å². The first-order valence-corrected chi connectivity index (χ1v) is 13.2. The van der Waals surface area contributed by atoms with Gasteiger partial charge >= 0.3 is 0 Å². The fraction of sp³-hybridized carbons (Fsp3) is 0.308. The fourth-order valence-electron chi connectivity index (χ4n) is 4.05. The van der Waals surface area contributed by atoms with Crippen LogP contribution >= 0.6 is 11.6 Å². The molecule has 35 heavy (non-hydrogen) atoms. The van der Waals surface area contributed by atoms with Crippen molar-refractivity contribution in [1.29, 1.82) is 0 Å². The van der Waals surface area contributed by atoms with E-state index in [-0.39, 0.29) is 35.6 Å². The van der Waals surface area contributed by atoms with E-state index in [1.54, 1.807) is 31.2 Å². The Hall–Kier alpha value is -2.94. The molecule has 1 aliphatic heterocycles. The standard InChI is InChI=1S/C26H28ClN3O4S/c1-17-4-7-20(8-5-17)9-11-24-25(19(3)29-34-24)35(32,33)30-14-12-21(13-15-30)26(31)28-22-10-6-18(2)23(27)16-22/h4-11,16,21H,12-15H2,1-3H3,(H,28,31)/b11-9+. The van der Waals surface area contributed by atoms with E-state index >= 15 is 0 Å². The van der Waals surface area contributed by atoms with Gasteiger partial charge in [0.25, 0.3) is 0 Å². The summed E-state index contributed by atoms with van der Waals surface area (Å²) in [6.45, 7) is 5.99. The van der Waals surface area contributed by atoms with Crippen LogP contribution in [0.3, 0.4) is 0 Å². The molecule has 184 valence electrons. The number of anilines is 1. The van der Waals surface area contributed by atoms with Crippen molar-refractivity contribution in [2.75, 3.05) is 18.4 Å². The van der Waals surface area contributed by atoms with Gasteiger partial charge in [0, 0.05) is 29.7 Å². The van der Waals surface area contributed by atoms with E-state index in [2.05, 4.69) is 10.5 Å². The Kier molecular flexibility index (Phi) is 7.44. The predicted molar refractivity (Wildman–Crippen MR) is 138 cm³/mol. The molecule has 1 saturated heterocycles. The lowest BCUT2D eigenvalue weighted by Crippen LogP contribution is -2.41. The van der Waals surface area contributed by atoms with Gasteiger partial charge in [-0.15, -0.1) is 0 Å². The van der Waals surface area contributed by atoms with Crippen molar-refractivity contribution < 1.29 is 17.7 Å². The normalized spacial score (nSPS) is 15.5. The minimum atomic E-state index is -3.83. The highest BCUT2D eigenvalue weighted by molar-refractivity contribution is 7.89. The Labute approximate surface area is 210 Å². The van der Waals surface area contributed by atoms with Crippen molar-refractivity contribution in [2.45, 2.75) is 38.5 Å². The Morgan fingerprint density at radius 3 is 2.43 bits per heavy atom. The van der Waals surface area contributed by atoms with E-state index in [4.69, 9.17) is 16.1 Å². The van der Waals surface area contributed by atoms with E-state index in [1.165, 1.54) is 4.31 Å². The van der Waals surface area contributed by atoms with Gasteiger partial charge in [-0.25, -0.2) is 8.42 Å². The summed E-state index contributed by atoms with van der Waals surface area (Å²) >= 11 is 6.15. The zero-order valence-electron chi connectivity index (χ0n) is 19.9. The molecule has 0 bridgehead atoms. The highest BCUT2D eigenvalue weighted by Crippen LogP contribution is 2.30. The van der Waals surface area contributed by atoms with Crippen LogP contribution in [0.2, 0.25) is 5.02 Å². The number of carbonyl (C=O) groups excluding carboxylic acids is 1. The maximum Gasteiger partial charge on any atom is 0.248 e. The largest absolute Gasteiger partial charge is 0.355 e. The SMILES string of the molecule is Cc1ccc(/C=C/c2onc(C)c2S(=O)(=O)N2CCC(C(=O)Nc3ccc(C)c(Cl)c3)CC2)cc1. The first kappa shape index (κ1) is 25.2. The number of hydrogen-bond donors (Lipinski definition) is 1. The van der Waals surface area contributed by atoms with Crippen LogP contribution in [-0.2, 0) is 14.8 Å². The molecule has 1 N–H and O–H groups in total. The fourth-order valence-corrected chi connectivity index (χ4v) is 5.95. The van der Waals surface area contributed by atoms with Gasteiger partial charge < -0.3 is 9.84 Å². The molecule has 9 heteroatoms. The van der Waals surface area contributed by atoms with Crippen LogP contribution in [0.5, 0.6) is 0 Å². The number of sulfonamides is 1. The summed E-state index contributed by atoms with van der Waals surface area (Å²) in [4.78, 5) is 12.8. The number of rotatable bonds is 6. The van der Waals surface area contributed by atoms with Crippen LogP contribution in [0, 0.1) is 26.7 Å². The highest BCUT2D eigenvalue weighted by atomic mass is 35.5. The molecule has 1 fully saturated rings. The maximum atomic E-state index is 13.5. The van der Waals surface area contributed by atoms with Gasteiger partial charge in [-0.2, -0.15) is 4.31 Å². The van der Waals surface area contributed by atoms with Crippen molar-refractivity contribution in [3.63, 3.8) is 0 Å². The molecule has 0 aliphatic carbocycles. The summed E-state index contributed by atoms with van der Waals surface area (Å²) in [5, 5.41) is 7.37. The van der Waals surface area contributed by atoms with Crippen LogP contribution in [0.25, 0.3) is 12.2 Å². The molecule has 0 saturated carbocycles. The van der Waals surface area contributed by atoms with E-state index in [9.17, 15) is 13.2 Å². The third kappa shape index (κ3) is 5.66. The summed E-state index contributed by atoms with van der Waals surface area (Å²) in [6, 6.07) is 13.2. The topological polar surface area (TPSA) is 92.5 Å². The molecule has 1 aromatic heterocycles. The van der Waals surface area contributed by atoms with Gasteiger partial charge in [0.1, 0.15) is 5.69 Å². The third-order valence-electron chi connectivity index (χ3n) is 6.20. The second kappa shape index (κ2) is 10.4. The number of benzene rings is 2. The van der Waals surface area contributed by atoms with Crippen LogP contribution < -0.4 is 5.32 Å². The van der Waals surface area contributed by atoms with Gasteiger partial charge in [0.05, 0.1) is 0 Å². The predicted octanol–water partition coefficient (Wildman–Crippen LogP) is 5.46. The zero-order valence-corrected chi connectivity index (χ0v) is 21.5. The lowest BCUT2D eigenvalue weighted by molar-refractivity contribution is -0.120. The molecule has 2 heterocycles. The summed E-state index contributed by atoms with van der Waals surface area (Å²) in [7, 11) is -3.83. The minimum absolute atomic E-state index is 0.0676. The van der Waals surface area contributed by atoms with Crippen LogP contribution in [0.15, 0.2) is 51.9 Å². The summed E-state index contributed by atoms with van der Waals surface area (Å²) in [6.07, 6.45) is 4.27. The average molecular weight is 514 g/mol. The quantitative estimate of drug-likeness (QED) is 0.472. The highest BCUT2D eigenvalue weighted by Gasteiger charge is 2.36. The van der Waals surface area contributed by atoms with E-state index in [0.717, 1.165) is 16.7 Å². The molecule has 1 amide bonds. The van der Waals surface area contributed by atoms with Crippen molar-refractivity contribution in [2.24, 2.45) is 5.92 Å². The van der Waals surface area contributed by atoms with Crippen molar-refractivity contribution in [3.8, 4) is 0 Å². The molecule has 2 aromatic carbocycles. The average Bonchev–Trinajstić information content (AvgIpc) is 3.22. The summed E-state index contributed by atoms with van der Waals surface area (Å²) in [5.41, 5.74) is 3.94. The number of hydrogen-bond acceptors (Lipinski definition) is 5. The molecule has 0 radical (unpaired) electrons. The van der Waals surface area contributed by atoms with Gasteiger partial charge in [-0.1, -0.05) is 58.7 Å². The molecular weight excluding hydrogens is 486 g/mol. The lowest BCUT2D eigenvalue weighted by atomic mass is 9.97. The minimum Gasteiger partial charge on any atom is -0.355 e. The van der Waals surface area contributed by atoms with Gasteiger partial charge in [0.15, 0.2) is 10.7 Å². The molecule has 7 nitrogen and oxygen atoms in total. The third-order valence-corrected chi connectivity index (χ3v) is 8.66. The van der Waals surface area contributed by atoms with Gasteiger partial charge in [-0.05, 0) is 62.9 Å². The molecule has 3 aromatic rings. The second-order valence-electron chi connectivity index (χ2n) is 8.84. The molecule has 0 spiro atoms. The van der Waals surface area contributed by atoms with Crippen LogP contribution in [0.4, 0.5) is 5.69 Å². The van der Waals surface area contributed by atoms with Crippen molar-refractivity contribution >= 4 is 45.4 Å². The second-order valence-corrected chi connectivity index (χ2v) is 11.1. The number of piperidine rings is 1. The van der Waals surface area contributed by atoms with Gasteiger partial charge in [-0.3, -0.25) is 4.79 Å². The Morgan fingerprint density at radius 2 is 1.77 bits per heavy atom. The summed E-state index contributed by atoms with van der Waals surface area (Å²) in [5.74, 6) is -0.227. The van der Waals surface area contributed by atoms with Crippen LogP contribution in [0.1, 0.15) is 41.0 Å². The van der Waals surface area contributed by atoms with E-state index in [1.807, 2.05) is 44.2 Å². The molecule has 0 unspecified atom stereocenters. The number of nitrogens with one attached hydrogen (secondary N) is 1. The first-order valence-electron chi connectivity index (χ1n) is 11.4. The van der Waals surface area contributed by atoms with Gasteiger partial charge in [0.2, 0.25) is 15.9 Å². The monoisotopic (exact) mass is 513 g/mol. The number of aryl methyl sites for hydroxylation is 3. The number of aromatic nitrogens is 1. The van der Waals surface area contributed by atoms with E-state index < -0.39 is 10.0 Å². The zero-order chi connectivity index (χ0) is 25.2. The van der Waals surface area contributed by atoms with Crippen LogP contribution in [-0.4, -0.2) is 36.9 Å². The number of carbonyl (C=O) groups is 1. The lowest BCUT2D eigenvalue weighted by Gasteiger charge is -2.30. The molecular formula is C26H28ClN3O4S.